The van der Waals surface area contributed by atoms with Crippen LogP contribution in [0.15, 0.2) is 24.3 Å². The van der Waals surface area contributed by atoms with E-state index in [1.54, 1.807) is 4.90 Å². The SMILES string of the molecule is CC(F)(F)C1(C(=O)N2C[C@@H]3C[C@H]2c2ccccc2O3)CCC1. The third-order valence-electron chi connectivity index (χ3n) is 5.55. The van der Waals surface area contributed by atoms with Gasteiger partial charge in [-0.3, -0.25) is 4.79 Å². The van der Waals surface area contributed by atoms with Gasteiger partial charge in [0, 0.05) is 18.9 Å². The van der Waals surface area contributed by atoms with Crippen molar-refractivity contribution in [1.82, 2.24) is 4.90 Å². The molecule has 2 atom stereocenters. The minimum Gasteiger partial charge on any atom is -0.488 e. The summed E-state index contributed by atoms with van der Waals surface area (Å²) in [6.07, 6.45) is 1.89. The number of para-hydroxylation sites is 1. The first-order valence-corrected chi connectivity index (χ1v) is 7.87. The lowest BCUT2D eigenvalue weighted by atomic mass is 9.63. The number of alkyl halides is 2. The van der Waals surface area contributed by atoms with Crippen molar-refractivity contribution in [1.29, 1.82) is 0 Å². The number of amides is 1. The molecule has 1 aromatic rings. The Hall–Kier alpha value is -1.65. The van der Waals surface area contributed by atoms with E-state index in [4.69, 9.17) is 4.74 Å². The van der Waals surface area contributed by atoms with Crippen LogP contribution < -0.4 is 4.74 Å². The number of rotatable bonds is 2. The standard InChI is InChI=1S/C17H19F2NO2/c1-16(18,19)17(7-4-8-17)15(21)20-10-11-9-13(20)12-5-2-3-6-14(12)22-11/h2-3,5-6,11,13H,4,7-10H2,1H3/t11-,13-/m0/s1. The molecule has 5 heteroatoms. The minimum absolute atomic E-state index is 0.0774. The zero-order valence-corrected chi connectivity index (χ0v) is 12.5. The highest BCUT2D eigenvalue weighted by atomic mass is 19.3. The summed E-state index contributed by atoms with van der Waals surface area (Å²) in [6.45, 7) is 1.30. The van der Waals surface area contributed by atoms with Gasteiger partial charge in [-0.25, -0.2) is 8.78 Å². The van der Waals surface area contributed by atoms with Crippen LogP contribution in [0.1, 0.15) is 44.2 Å². The van der Waals surface area contributed by atoms with Crippen molar-refractivity contribution >= 4 is 5.91 Å². The average molecular weight is 307 g/mol. The molecule has 3 aliphatic rings. The van der Waals surface area contributed by atoms with E-state index in [0.717, 1.165) is 18.2 Å². The molecule has 1 saturated heterocycles. The van der Waals surface area contributed by atoms with E-state index in [2.05, 4.69) is 0 Å². The Morgan fingerprint density at radius 2 is 2.09 bits per heavy atom. The Balaban J connectivity index is 1.69. The van der Waals surface area contributed by atoms with E-state index < -0.39 is 11.3 Å². The van der Waals surface area contributed by atoms with Gasteiger partial charge in [-0.2, -0.15) is 0 Å². The predicted octanol–water partition coefficient (Wildman–Crippen LogP) is 3.55. The molecule has 2 heterocycles. The topological polar surface area (TPSA) is 29.5 Å². The molecule has 1 aliphatic carbocycles. The van der Waals surface area contributed by atoms with E-state index in [1.807, 2.05) is 24.3 Å². The normalized spacial score (nSPS) is 28.6. The molecule has 1 saturated carbocycles. The van der Waals surface area contributed by atoms with Gasteiger partial charge in [0.15, 0.2) is 0 Å². The highest BCUT2D eigenvalue weighted by molar-refractivity contribution is 5.85. The number of carbonyl (C=O) groups excluding carboxylic acids is 1. The zero-order chi connectivity index (χ0) is 15.5. The zero-order valence-electron chi connectivity index (χ0n) is 12.5. The van der Waals surface area contributed by atoms with Crippen LogP contribution in [0.3, 0.4) is 0 Å². The highest BCUT2D eigenvalue weighted by Gasteiger charge is 2.62. The monoisotopic (exact) mass is 307 g/mol. The third-order valence-corrected chi connectivity index (χ3v) is 5.55. The van der Waals surface area contributed by atoms with Gasteiger partial charge >= 0.3 is 0 Å². The molecule has 2 aliphatic heterocycles. The van der Waals surface area contributed by atoms with Crippen molar-refractivity contribution in [2.45, 2.75) is 50.7 Å². The average Bonchev–Trinajstić information content (AvgIpc) is 2.74. The molecule has 0 spiro atoms. The van der Waals surface area contributed by atoms with Crippen molar-refractivity contribution in [3.05, 3.63) is 29.8 Å². The summed E-state index contributed by atoms with van der Waals surface area (Å²) >= 11 is 0. The van der Waals surface area contributed by atoms with Crippen LogP contribution in [-0.4, -0.2) is 29.4 Å². The first-order chi connectivity index (χ1) is 10.4. The Morgan fingerprint density at radius 3 is 2.73 bits per heavy atom. The maximum atomic E-state index is 14.1. The molecule has 118 valence electrons. The van der Waals surface area contributed by atoms with Crippen LogP contribution in [0, 0.1) is 5.41 Å². The molecule has 4 rings (SSSR count). The van der Waals surface area contributed by atoms with Gasteiger partial charge in [-0.15, -0.1) is 0 Å². The Kier molecular flexibility index (Phi) is 2.81. The second-order valence-electron chi connectivity index (χ2n) is 6.81. The number of fused-ring (bicyclic) bond motifs is 4. The second-order valence-corrected chi connectivity index (χ2v) is 6.81. The lowest BCUT2D eigenvalue weighted by Gasteiger charge is -2.47. The summed E-state index contributed by atoms with van der Waals surface area (Å²) in [5, 5.41) is 0. The smallest absolute Gasteiger partial charge is 0.259 e. The van der Waals surface area contributed by atoms with E-state index in [9.17, 15) is 13.6 Å². The molecule has 0 unspecified atom stereocenters. The largest absolute Gasteiger partial charge is 0.488 e. The maximum absolute atomic E-state index is 14.1. The summed E-state index contributed by atoms with van der Waals surface area (Å²) < 4.78 is 34.0. The van der Waals surface area contributed by atoms with Gasteiger partial charge in [-0.1, -0.05) is 24.6 Å². The lowest BCUT2D eigenvalue weighted by molar-refractivity contribution is -0.186. The van der Waals surface area contributed by atoms with Gasteiger partial charge in [0.1, 0.15) is 17.3 Å². The van der Waals surface area contributed by atoms with E-state index in [1.165, 1.54) is 0 Å². The van der Waals surface area contributed by atoms with Gasteiger partial charge in [-0.05, 0) is 18.9 Å². The molecular formula is C17H19F2NO2. The molecule has 0 aromatic heterocycles. The number of carbonyl (C=O) groups is 1. The van der Waals surface area contributed by atoms with Crippen LogP contribution in [0.25, 0.3) is 0 Å². The summed E-state index contributed by atoms with van der Waals surface area (Å²) in [7, 11) is 0. The summed E-state index contributed by atoms with van der Waals surface area (Å²) in [5.41, 5.74) is -0.558. The summed E-state index contributed by atoms with van der Waals surface area (Å²) in [6, 6.07) is 7.48. The van der Waals surface area contributed by atoms with Crippen LogP contribution in [0.4, 0.5) is 8.78 Å². The van der Waals surface area contributed by atoms with Crippen molar-refractivity contribution in [2.75, 3.05) is 6.54 Å². The first kappa shape index (κ1) is 14.0. The Morgan fingerprint density at radius 1 is 1.36 bits per heavy atom. The number of hydrogen-bond donors (Lipinski definition) is 0. The fourth-order valence-corrected chi connectivity index (χ4v) is 4.09. The lowest BCUT2D eigenvalue weighted by Crippen LogP contribution is -2.56. The van der Waals surface area contributed by atoms with E-state index in [0.29, 0.717) is 19.4 Å². The second kappa shape index (κ2) is 4.43. The van der Waals surface area contributed by atoms with Crippen molar-refractivity contribution < 1.29 is 18.3 Å². The van der Waals surface area contributed by atoms with Gasteiger partial charge in [0.2, 0.25) is 5.91 Å². The number of hydrogen-bond acceptors (Lipinski definition) is 2. The molecule has 22 heavy (non-hydrogen) atoms. The van der Waals surface area contributed by atoms with Crippen molar-refractivity contribution in [2.24, 2.45) is 5.41 Å². The number of halogens is 2. The fourth-order valence-electron chi connectivity index (χ4n) is 4.09. The minimum atomic E-state index is -2.97. The fraction of sp³-hybridized carbons (Fsp3) is 0.588. The molecule has 2 bridgehead atoms. The van der Waals surface area contributed by atoms with Crippen LogP contribution in [-0.2, 0) is 4.79 Å². The van der Waals surface area contributed by atoms with Crippen LogP contribution in [0.5, 0.6) is 5.75 Å². The van der Waals surface area contributed by atoms with E-state index in [-0.39, 0.29) is 30.9 Å². The summed E-state index contributed by atoms with van der Waals surface area (Å²) in [4.78, 5) is 14.6. The Bertz CT molecular complexity index is 621. The number of nitrogens with zero attached hydrogens (tertiary/aromatic N) is 1. The molecule has 0 N–H and O–H groups in total. The molecule has 1 aromatic carbocycles. The van der Waals surface area contributed by atoms with Crippen LogP contribution in [0.2, 0.25) is 0 Å². The summed E-state index contributed by atoms with van der Waals surface area (Å²) in [5.74, 6) is -2.58. The molecule has 1 amide bonds. The third kappa shape index (κ3) is 1.74. The quantitative estimate of drug-likeness (QED) is 0.836. The van der Waals surface area contributed by atoms with Gasteiger partial charge in [0.25, 0.3) is 5.92 Å². The number of likely N-dealkylation sites (tertiary alicyclic amines) is 1. The van der Waals surface area contributed by atoms with Crippen molar-refractivity contribution in [3.63, 3.8) is 0 Å². The van der Waals surface area contributed by atoms with E-state index >= 15 is 0 Å². The highest BCUT2D eigenvalue weighted by Crippen LogP contribution is 2.55. The number of ether oxygens (including phenoxy) is 1. The predicted molar refractivity (Wildman–Crippen MR) is 76.8 cm³/mol. The van der Waals surface area contributed by atoms with Gasteiger partial charge < -0.3 is 9.64 Å². The maximum Gasteiger partial charge on any atom is 0.259 e. The molecule has 3 nitrogen and oxygen atoms in total. The van der Waals surface area contributed by atoms with Gasteiger partial charge in [0.05, 0.1) is 12.6 Å². The van der Waals surface area contributed by atoms with Crippen molar-refractivity contribution in [3.8, 4) is 5.75 Å². The molecule has 2 fully saturated rings. The molecular weight excluding hydrogens is 288 g/mol. The Labute approximate surface area is 128 Å². The first-order valence-electron chi connectivity index (χ1n) is 7.87. The molecule has 0 radical (unpaired) electrons. The van der Waals surface area contributed by atoms with Crippen LogP contribution >= 0.6 is 0 Å². The number of benzene rings is 1.